The number of ether oxygens (including phenoxy) is 1. The van der Waals surface area contributed by atoms with Gasteiger partial charge in [0, 0.05) is 18.2 Å². The van der Waals surface area contributed by atoms with Gasteiger partial charge in [-0.25, -0.2) is 13.6 Å². The molecule has 0 saturated carbocycles. The van der Waals surface area contributed by atoms with Gasteiger partial charge in [-0.3, -0.25) is 4.79 Å². The lowest BCUT2D eigenvalue weighted by Crippen LogP contribution is -2.41. The fourth-order valence-corrected chi connectivity index (χ4v) is 2.34. The second-order valence-electron chi connectivity index (χ2n) is 4.57. The molecule has 20 heavy (non-hydrogen) atoms. The number of amides is 1. The van der Waals surface area contributed by atoms with Gasteiger partial charge in [-0.1, -0.05) is 0 Å². The zero-order valence-corrected chi connectivity index (χ0v) is 11.1. The van der Waals surface area contributed by atoms with Gasteiger partial charge in [-0.15, -0.1) is 0 Å². The van der Waals surface area contributed by atoms with Crippen LogP contribution in [-0.4, -0.2) is 36.0 Å². The highest BCUT2D eigenvalue weighted by Gasteiger charge is 2.35. The van der Waals surface area contributed by atoms with Gasteiger partial charge in [0.25, 0.3) is 5.91 Å². The fourth-order valence-electron chi connectivity index (χ4n) is 2.34. The Kier molecular flexibility index (Phi) is 4.32. The van der Waals surface area contributed by atoms with E-state index in [2.05, 4.69) is 0 Å². The largest absolute Gasteiger partial charge is 0.464 e. The van der Waals surface area contributed by atoms with Gasteiger partial charge in [0.2, 0.25) is 0 Å². The summed E-state index contributed by atoms with van der Waals surface area (Å²) in [6.45, 7) is 2.29. The summed E-state index contributed by atoms with van der Waals surface area (Å²) in [5.74, 6) is -2.67. The lowest BCUT2D eigenvalue weighted by Gasteiger charge is -2.23. The van der Waals surface area contributed by atoms with Crippen molar-refractivity contribution in [1.29, 1.82) is 0 Å². The Labute approximate surface area is 115 Å². The Balaban J connectivity index is 2.21. The van der Waals surface area contributed by atoms with Crippen molar-refractivity contribution in [1.82, 2.24) is 4.90 Å². The van der Waals surface area contributed by atoms with Crippen LogP contribution in [0.4, 0.5) is 8.78 Å². The maximum absolute atomic E-state index is 13.1. The topological polar surface area (TPSA) is 46.6 Å². The molecule has 1 saturated heterocycles. The molecule has 0 aromatic heterocycles. The van der Waals surface area contributed by atoms with Crippen molar-refractivity contribution >= 4 is 11.9 Å². The molecule has 1 atom stereocenters. The molecule has 108 valence electrons. The zero-order chi connectivity index (χ0) is 14.7. The summed E-state index contributed by atoms with van der Waals surface area (Å²) in [6, 6.07) is 1.95. The summed E-state index contributed by atoms with van der Waals surface area (Å²) in [6.07, 6.45) is 1.16. The van der Waals surface area contributed by atoms with Crippen molar-refractivity contribution in [3.05, 3.63) is 35.4 Å². The predicted molar refractivity (Wildman–Crippen MR) is 67.0 cm³/mol. The maximum Gasteiger partial charge on any atom is 0.328 e. The van der Waals surface area contributed by atoms with Crippen molar-refractivity contribution in [2.24, 2.45) is 0 Å². The summed E-state index contributed by atoms with van der Waals surface area (Å²) in [4.78, 5) is 25.3. The van der Waals surface area contributed by atoms with Gasteiger partial charge in [0.15, 0.2) is 0 Å². The number of halogens is 2. The third kappa shape index (κ3) is 2.95. The molecule has 0 aliphatic carbocycles. The van der Waals surface area contributed by atoms with E-state index in [-0.39, 0.29) is 12.2 Å². The summed E-state index contributed by atoms with van der Waals surface area (Å²) in [5, 5.41) is 0. The van der Waals surface area contributed by atoms with Gasteiger partial charge >= 0.3 is 5.97 Å². The minimum atomic E-state index is -0.819. The molecule has 0 bridgehead atoms. The third-order valence-electron chi connectivity index (χ3n) is 3.18. The number of benzene rings is 1. The first kappa shape index (κ1) is 14.4. The fraction of sp³-hybridized carbons (Fsp3) is 0.429. The number of carbonyl (C=O) groups excluding carboxylic acids is 2. The van der Waals surface area contributed by atoms with Crippen LogP contribution in [0.25, 0.3) is 0 Å². The van der Waals surface area contributed by atoms with Gasteiger partial charge in [0.05, 0.1) is 6.61 Å². The minimum Gasteiger partial charge on any atom is -0.464 e. The van der Waals surface area contributed by atoms with E-state index in [1.165, 1.54) is 4.90 Å². The number of hydrogen-bond donors (Lipinski definition) is 0. The van der Waals surface area contributed by atoms with Crippen LogP contribution in [-0.2, 0) is 9.53 Å². The second kappa shape index (κ2) is 5.98. The zero-order valence-electron chi connectivity index (χ0n) is 11.1. The van der Waals surface area contributed by atoms with Crippen LogP contribution in [0.15, 0.2) is 18.2 Å². The molecule has 4 nitrogen and oxygen atoms in total. The molecule has 1 aliphatic heterocycles. The molecule has 1 fully saturated rings. The predicted octanol–water partition coefficient (Wildman–Crippen LogP) is 2.13. The molecule has 0 spiro atoms. The number of nitrogens with zero attached hydrogens (tertiary/aromatic N) is 1. The van der Waals surface area contributed by atoms with Crippen molar-refractivity contribution in [3.63, 3.8) is 0 Å². The Bertz CT molecular complexity index is 513. The highest BCUT2D eigenvalue weighted by Crippen LogP contribution is 2.22. The molecule has 1 heterocycles. The summed E-state index contributed by atoms with van der Waals surface area (Å²) in [5.41, 5.74) is -0.0984. The molecule has 2 rings (SSSR count). The van der Waals surface area contributed by atoms with Crippen molar-refractivity contribution in [2.75, 3.05) is 13.2 Å². The number of hydrogen-bond acceptors (Lipinski definition) is 3. The van der Waals surface area contributed by atoms with E-state index in [1.54, 1.807) is 6.92 Å². The number of likely N-dealkylation sites (tertiary alicyclic amines) is 1. The van der Waals surface area contributed by atoms with Gasteiger partial charge in [0.1, 0.15) is 17.7 Å². The Morgan fingerprint density at radius 3 is 2.55 bits per heavy atom. The quantitative estimate of drug-likeness (QED) is 0.798. The standard InChI is InChI=1S/C14H15F2NO3/c1-2-20-14(19)12-4-3-5-17(12)13(18)9-6-10(15)8-11(16)7-9/h6-8,12H,2-5H2,1H3. The lowest BCUT2D eigenvalue weighted by atomic mass is 10.1. The summed E-state index contributed by atoms with van der Waals surface area (Å²) in [7, 11) is 0. The highest BCUT2D eigenvalue weighted by molar-refractivity contribution is 5.97. The van der Waals surface area contributed by atoms with Crippen LogP contribution in [0, 0.1) is 11.6 Å². The molecular weight excluding hydrogens is 268 g/mol. The third-order valence-corrected chi connectivity index (χ3v) is 3.18. The minimum absolute atomic E-state index is 0.0984. The van der Waals surface area contributed by atoms with E-state index in [0.717, 1.165) is 12.1 Å². The molecule has 0 radical (unpaired) electrons. The van der Waals surface area contributed by atoms with Crippen LogP contribution in [0.2, 0.25) is 0 Å². The molecular formula is C14H15F2NO3. The van der Waals surface area contributed by atoms with Crippen LogP contribution in [0.3, 0.4) is 0 Å². The number of carbonyl (C=O) groups is 2. The van der Waals surface area contributed by atoms with E-state index >= 15 is 0 Å². The maximum atomic E-state index is 13.1. The van der Waals surface area contributed by atoms with E-state index in [1.807, 2.05) is 0 Å². The summed E-state index contributed by atoms with van der Waals surface area (Å²) < 4.78 is 31.2. The molecule has 1 unspecified atom stereocenters. The number of rotatable bonds is 3. The average Bonchev–Trinajstić information content (AvgIpc) is 2.86. The van der Waals surface area contributed by atoms with Crippen LogP contribution >= 0.6 is 0 Å². The SMILES string of the molecule is CCOC(=O)C1CCCN1C(=O)c1cc(F)cc(F)c1. The normalized spacial score (nSPS) is 18.1. The number of esters is 1. The van der Waals surface area contributed by atoms with E-state index < -0.39 is 29.6 Å². The smallest absolute Gasteiger partial charge is 0.328 e. The molecule has 1 aromatic carbocycles. The Morgan fingerprint density at radius 2 is 1.95 bits per heavy atom. The van der Waals surface area contributed by atoms with Crippen molar-refractivity contribution in [2.45, 2.75) is 25.8 Å². The van der Waals surface area contributed by atoms with E-state index in [0.29, 0.717) is 25.5 Å². The first-order chi connectivity index (χ1) is 9.52. The second-order valence-corrected chi connectivity index (χ2v) is 4.57. The molecule has 1 aliphatic rings. The molecule has 0 N–H and O–H groups in total. The van der Waals surface area contributed by atoms with Gasteiger partial charge < -0.3 is 9.64 Å². The van der Waals surface area contributed by atoms with E-state index in [4.69, 9.17) is 4.74 Å². The van der Waals surface area contributed by atoms with E-state index in [9.17, 15) is 18.4 Å². The summed E-state index contributed by atoms with van der Waals surface area (Å²) >= 11 is 0. The molecule has 1 amide bonds. The Hall–Kier alpha value is -1.98. The van der Waals surface area contributed by atoms with Crippen LogP contribution < -0.4 is 0 Å². The van der Waals surface area contributed by atoms with Gasteiger partial charge in [-0.2, -0.15) is 0 Å². The molecule has 6 heteroatoms. The first-order valence-corrected chi connectivity index (χ1v) is 6.46. The van der Waals surface area contributed by atoms with Crippen molar-refractivity contribution < 1.29 is 23.1 Å². The van der Waals surface area contributed by atoms with Crippen molar-refractivity contribution in [3.8, 4) is 0 Å². The Morgan fingerprint density at radius 1 is 1.30 bits per heavy atom. The lowest BCUT2D eigenvalue weighted by molar-refractivity contribution is -0.147. The average molecular weight is 283 g/mol. The van der Waals surface area contributed by atoms with Gasteiger partial charge in [-0.05, 0) is 31.9 Å². The monoisotopic (exact) mass is 283 g/mol. The van der Waals surface area contributed by atoms with Crippen LogP contribution in [0.5, 0.6) is 0 Å². The highest BCUT2D eigenvalue weighted by atomic mass is 19.1. The molecule has 1 aromatic rings. The first-order valence-electron chi connectivity index (χ1n) is 6.46. The van der Waals surface area contributed by atoms with Crippen LogP contribution in [0.1, 0.15) is 30.1 Å².